The van der Waals surface area contributed by atoms with Crippen LogP contribution in [0.4, 0.5) is 10.5 Å². The highest BCUT2D eigenvalue weighted by Gasteiger charge is 2.21. The van der Waals surface area contributed by atoms with E-state index < -0.39 is 33.4 Å². The van der Waals surface area contributed by atoms with Crippen LogP contribution in [0.15, 0.2) is 24.3 Å². The molecule has 0 aliphatic heterocycles. The molecule has 0 bridgehead atoms. The molecule has 0 aromatic heterocycles. The Kier molecular flexibility index (Phi) is 12.6. The lowest BCUT2D eigenvalue weighted by Gasteiger charge is -2.19. The molecule has 0 fully saturated rings. The molecule has 0 unspecified atom stereocenters. The summed E-state index contributed by atoms with van der Waals surface area (Å²) in [6, 6.07) is 6.04. The monoisotopic (exact) mass is 497 g/mol. The third kappa shape index (κ3) is 12.6. The number of sulfonamides is 1. The first-order chi connectivity index (χ1) is 15.9. The molecule has 0 aliphatic carbocycles. The minimum absolute atomic E-state index is 0.0154. The van der Waals surface area contributed by atoms with Crippen molar-refractivity contribution in [2.45, 2.75) is 78.2 Å². The molecular formula is C24H39N3O6S. The van der Waals surface area contributed by atoms with E-state index in [0.29, 0.717) is 12.8 Å². The van der Waals surface area contributed by atoms with Crippen LogP contribution in [0.2, 0.25) is 0 Å². The van der Waals surface area contributed by atoms with Gasteiger partial charge < -0.3 is 15.4 Å². The molecule has 0 saturated carbocycles. The normalized spacial score (nSPS) is 11.5. The Morgan fingerprint density at radius 1 is 0.882 bits per heavy atom. The molecule has 0 heterocycles. The van der Waals surface area contributed by atoms with Crippen LogP contribution in [-0.2, 0) is 19.6 Å². The lowest BCUT2D eigenvalue weighted by Crippen LogP contribution is -2.36. The zero-order valence-corrected chi connectivity index (χ0v) is 21.6. The van der Waals surface area contributed by atoms with Gasteiger partial charge in [-0.15, -0.1) is 0 Å². The Labute approximate surface area is 203 Å². The average Bonchev–Trinajstić information content (AvgIpc) is 2.74. The number of benzene rings is 1. The average molecular weight is 498 g/mol. The zero-order valence-electron chi connectivity index (χ0n) is 20.7. The van der Waals surface area contributed by atoms with E-state index >= 15 is 0 Å². The molecule has 1 aromatic rings. The van der Waals surface area contributed by atoms with Gasteiger partial charge in [0.05, 0.1) is 17.0 Å². The quantitative estimate of drug-likeness (QED) is 0.191. The molecule has 0 radical (unpaired) electrons. The number of hydrogen-bond donors (Lipinski definition) is 3. The van der Waals surface area contributed by atoms with Gasteiger partial charge in [-0.3, -0.25) is 14.3 Å². The number of rotatable bonds is 15. The van der Waals surface area contributed by atoms with Crippen molar-refractivity contribution in [3.63, 3.8) is 0 Å². The number of carbonyl (C=O) groups excluding carboxylic acids is 3. The summed E-state index contributed by atoms with van der Waals surface area (Å²) in [6.45, 7) is 7.81. The van der Waals surface area contributed by atoms with Gasteiger partial charge in [-0.1, -0.05) is 51.2 Å². The van der Waals surface area contributed by atoms with E-state index in [9.17, 15) is 22.8 Å². The predicted molar refractivity (Wildman–Crippen MR) is 133 cm³/mol. The first kappa shape index (κ1) is 29.4. The lowest BCUT2D eigenvalue weighted by molar-refractivity contribution is -0.117. The molecular weight excluding hydrogens is 458 g/mol. The van der Waals surface area contributed by atoms with Crippen LogP contribution < -0.4 is 15.4 Å². The number of amides is 2. The molecule has 3 N–H and O–H groups in total. The van der Waals surface area contributed by atoms with Crippen molar-refractivity contribution < 1.29 is 27.5 Å². The molecule has 0 saturated heterocycles. The largest absolute Gasteiger partial charge is 0.444 e. The Bertz CT molecular complexity index is 910. The van der Waals surface area contributed by atoms with Gasteiger partial charge in [-0.2, -0.15) is 0 Å². The number of ketones is 1. The van der Waals surface area contributed by atoms with Crippen molar-refractivity contribution in [3.05, 3.63) is 29.8 Å². The van der Waals surface area contributed by atoms with E-state index in [0.717, 1.165) is 32.1 Å². The fourth-order valence-corrected chi connectivity index (χ4v) is 4.26. The minimum Gasteiger partial charge on any atom is -0.444 e. The highest BCUT2D eigenvalue weighted by molar-refractivity contribution is 7.92. The van der Waals surface area contributed by atoms with Crippen LogP contribution in [0.25, 0.3) is 0 Å². The summed E-state index contributed by atoms with van der Waals surface area (Å²) < 4.78 is 32.5. The van der Waals surface area contributed by atoms with E-state index in [1.165, 1.54) is 12.1 Å². The molecule has 192 valence electrons. The summed E-state index contributed by atoms with van der Waals surface area (Å²) in [4.78, 5) is 36.5. The highest BCUT2D eigenvalue weighted by Crippen LogP contribution is 2.18. The summed E-state index contributed by atoms with van der Waals surface area (Å²) in [5.41, 5.74) is -0.535. The number of nitrogens with one attached hydrogen (secondary N) is 3. The molecule has 0 aliphatic rings. The maximum absolute atomic E-state index is 12.6. The van der Waals surface area contributed by atoms with Crippen molar-refractivity contribution in [3.8, 4) is 0 Å². The Hall–Kier alpha value is -2.62. The van der Waals surface area contributed by atoms with E-state index in [1.807, 2.05) is 0 Å². The first-order valence-electron chi connectivity index (χ1n) is 11.8. The Morgan fingerprint density at radius 3 is 2.18 bits per heavy atom. The summed E-state index contributed by atoms with van der Waals surface area (Å²) in [7, 11) is -3.64. The zero-order chi connectivity index (χ0) is 25.6. The van der Waals surface area contributed by atoms with Crippen LogP contribution in [0.3, 0.4) is 0 Å². The fourth-order valence-electron chi connectivity index (χ4n) is 3.06. The molecule has 1 aromatic carbocycles. The van der Waals surface area contributed by atoms with Gasteiger partial charge >= 0.3 is 6.09 Å². The van der Waals surface area contributed by atoms with Gasteiger partial charge in [-0.05, 0) is 45.7 Å². The third-order valence-corrected chi connectivity index (χ3v) is 6.07. The summed E-state index contributed by atoms with van der Waals surface area (Å²) >= 11 is 0. The molecule has 0 spiro atoms. The number of alkyl carbamates (subject to hydrolysis) is 1. The second-order valence-electron chi connectivity index (χ2n) is 9.10. The van der Waals surface area contributed by atoms with Crippen molar-refractivity contribution in [1.82, 2.24) is 10.6 Å². The van der Waals surface area contributed by atoms with Gasteiger partial charge in [0.1, 0.15) is 5.60 Å². The van der Waals surface area contributed by atoms with Gasteiger partial charge in [0.15, 0.2) is 0 Å². The number of hydrogen-bond acceptors (Lipinski definition) is 6. The standard InChI is InChI=1S/C24H39N3O6S/c1-5-6-7-8-9-12-18-34(31,32)27-20-15-11-10-14-19(20)21(28)22(29)25-16-13-17-26-23(30)33-24(2,3)4/h10-11,14-15,27H,5-9,12-13,16-18H2,1-4H3,(H,25,29)(H,26,30). The lowest BCUT2D eigenvalue weighted by atomic mass is 10.1. The van der Waals surface area contributed by atoms with Crippen molar-refractivity contribution in [1.29, 1.82) is 0 Å². The predicted octanol–water partition coefficient (Wildman–Crippen LogP) is 4.00. The first-order valence-corrected chi connectivity index (χ1v) is 13.5. The Balaban J connectivity index is 2.53. The van der Waals surface area contributed by atoms with Crippen LogP contribution in [0.1, 0.15) is 83.0 Å². The van der Waals surface area contributed by atoms with E-state index in [4.69, 9.17) is 4.74 Å². The topological polar surface area (TPSA) is 131 Å². The van der Waals surface area contributed by atoms with Crippen LogP contribution in [0, 0.1) is 0 Å². The maximum Gasteiger partial charge on any atom is 0.407 e. The molecule has 2 amide bonds. The van der Waals surface area contributed by atoms with Crippen LogP contribution in [-0.4, -0.2) is 50.6 Å². The van der Waals surface area contributed by atoms with Gasteiger partial charge in [-0.25, -0.2) is 13.2 Å². The summed E-state index contributed by atoms with van der Waals surface area (Å²) in [5.74, 6) is -1.73. The minimum atomic E-state index is -3.64. The second-order valence-corrected chi connectivity index (χ2v) is 10.9. The SMILES string of the molecule is CCCCCCCCS(=O)(=O)Nc1ccccc1C(=O)C(=O)NCCCNC(=O)OC(C)(C)C. The van der Waals surface area contributed by atoms with Crippen LogP contribution in [0.5, 0.6) is 0 Å². The van der Waals surface area contributed by atoms with Gasteiger partial charge in [0.2, 0.25) is 10.0 Å². The number of para-hydroxylation sites is 1. The second kappa shape index (κ2) is 14.6. The van der Waals surface area contributed by atoms with Crippen molar-refractivity contribution in [2.75, 3.05) is 23.6 Å². The van der Waals surface area contributed by atoms with Crippen molar-refractivity contribution >= 4 is 33.5 Å². The van der Waals surface area contributed by atoms with E-state index in [2.05, 4.69) is 22.3 Å². The van der Waals surface area contributed by atoms with Gasteiger partial charge in [0, 0.05) is 13.1 Å². The van der Waals surface area contributed by atoms with Gasteiger partial charge in [0.25, 0.3) is 11.7 Å². The van der Waals surface area contributed by atoms with E-state index in [1.54, 1.807) is 32.9 Å². The number of anilines is 1. The third-order valence-electron chi connectivity index (χ3n) is 4.72. The molecule has 9 nitrogen and oxygen atoms in total. The highest BCUT2D eigenvalue weighted by atomic mass is 32.2. The molecule has 0 atom stereocenters. The number of carbonyl (C=O) groups is 3. The Morgan fingerprint density at radius 2 is 1.50 bits per heavy atom. The smallest absolute Gasteiger partial charge is 0.407 e. The molecule has 1 rings (SSSR count). The van der Waals surface area contributed by atoms with E-state index in [-0.39, 0.29) is 30.1 Å². The van der Waals surface area contributed by atoms with Crippen LogP contribution >= 0.6 is 0 Å². The summed E-state index contributed by atoms with van der Waals surface area (Å²) in [5, 5.41) is 5.06. The number of ether oxygens (including phenoxy) is 1. The fraction of sp³-hybridized carbons (Fsp3) is 0.625. The molecule has 34 heavy (non-hydrogen) atoms. The molecule has 10 heteroatoms. The summed E-state index contributed by atoms with van der Waals surface area (Å²) in [6.07, 6.45) is 5.55. The maximum atomic E-state index is 12.6. The van der Waals surface area contributed by atoms with Crippen molar-refractivity contribution in [2.24, 2.45) is 0 Å². The number of Topliss-reactive ketones (excluding diaryl/α,β-unsaturated/α-hetero) is 1. The number of unbranched alkanes of at least 4 members (excludes halogenated alkanes) is 5.